The fourth-order valence-electron chi connectivity index (χ4n) is 3.55. The molecule has 4 rings (SSSR count). The standard InChI is InChI=1S/C22H17ClN3O2/c1-13(27)25-18-7-3-2-5-14(18)12-26-19-8-4-6-17(22(24)28)21(19)16-10-9-15(23)11-20(16)26/h2-9,11H,12H2,1H3,(H2,24,28)(H,25,27). The minimum atomic E-state index is -0.494. The quantitative estimate of drug-likeness (QED) is 0.543. The summed E-state index contributed by atoms with van der Waals surface area (Å²) in [6.07, 6.45) is 0. The third-order valence-electron chi connectivity index (χ3n) is 4.68. The molecule has 0 spiro atoms. The topological polar surface area (TPSA) is 77.1 Å². The van der Waals surface area contributed by atoms with Crippen LogP contribution in [0.2, 0.25) is 5.02 Å². The molecule has 0 aliphatic heterocycles. The third kappa shape index (κ3) is 3.10. The molecular formula is C22H17ClN3O2. The molecule has 139 valence electrons. The molecular weight excluding hydrogens is 374 g/mol. The van der Waals surface area contributed by atoms with Crippen LogP contribution < -0.4 is 11.1 Å². The van der Waals surface area contributed by atoms with Gasteiger partial charge in [0.1, 0.15) is 0 Å². The summed E-state index contributed by atoms with van der Waals surface area (Å²) >= 11 is 6.23. The number of anilines is 1. The number of nitrogens with two attached hydrogens (primary N) is 1. The number of primary amides is 1. The summed E-state index contributed by atoms with van der Waals surface area (Å²) in [7, 11) is 0. The van der Waals surface area contributed by atoms with Crippen LogP contribution in [0.25, 0.3) is 21.8 Å². The highest BCUT2D eigenvalue weighted by Gasteiger charge is 2.17. The number of aromatic nitrogens is 1. The number of carbonyl (C=O) groups excluding carboxylic acids is 2. The number of nitrogens with one attached hydrogen (secondary N) is 1. The Bertz CT molecular complexity index is 1240. The maximum atomic E-state index is 12.0. The first-order chi connectivity index (χ1) is 13.5. The number of carbonyl (C=O) groups is 2. The average molecular weight is 391 g/mol. The van der Waals surface area contributed by atoms with E-state index in [1.54, 1.807) is 18.2 Å². The molecule has 5 nitrogen and oxygen atoms in total. The summed E-state index contributed by atoms with van der Waals surface area (Å²) in [6.45, 7) is 1.96. The molecule has 0 unspecified atom stereocenters. The summed E-state index contributed by atoms with van der Waals surface area (Å²) in [6, 6.07) is 19.8. The van der Waals surface area contributed by atoms with Gasteiger partial charge in [0.15, 0.2) is 0 Å². The van der Waals surface area contributed by atoms with Crippen molar-refractivity contribution in [1.29, 1.82) is 0 Å². The van der Waals surface area contributed by atoms with E-state index in [0.29, 0.717) is 17.1 Å². The summed E-state index contributed by atoms with van der Waals surface area (Å²) in [5.41, 5.74) is 9.41. The minimum Gasteiger partial charge on any atom is -0.366 e. The number of hydrogen-bond acceptors (Lipinski definition) is 2. The third-order valence-corrected chi connectivity index (χ3v) is 4.90. The number of para-hydroxylation sites is 1. The lowest BCUT2D eigenvalue weighted by molar-refractivity contribution is -0.114. The lowest BCUT2D eigenvalue weighted by atomic mass is 10.1. The van der Waals surface area contributed by atoms with Crippen LogP contribution in [0.1, 0.15) is 22.8 Å². The van der Waals surface area contributed by atoms with Crippen LogP contribution in [0.3, 0.4) is 0 Å². The van der Waals surface area contributed by atoms with E-state index < -0.39 is 5.91 Å². The van der Waals surface area contributed by atoms with Crippen molar-refractivity contribution >= 4 is 50.9 Å². The van der Waals surface area contributed by atoms with Gasteiger partial charge in [-0.1, -0.05) is 35.9 Å². The molecule has 3 aromatic carbocycles. The van der Waals surface area contributed by atoms with Crippen LogP contribution in [-0.2, 0) is 11.3 Å². The first-order valence-corrected chi connectivity index (χ1v) is 9.11. The molecule has 4 aromatic rings. The summed E-state index contributed by atoms with van der Waals surface area (Å²) in [5, 5.41) is 4.94. The molecule has 3 N–H and O–H groups in total. The van der Waals surface area contributed by atoms with Gasteiger partial charge in [0, 0.05) is 34.0 Å². The summed E-state index contributed by atoms with van der Waals surface area (Å²) < 4.78 is 2.06. The van der Waals surface area contributed by atoms with Crippen molar-refractivity contribution in [3.63, 3.8) is 0 Å². The Morgan fingerprint density at radius 1 is 1.14 bits per heavy atom. The zero-order valence-electron chi connectivity index (χ0n) is 15.1. The van der Waals surface area contributed by atoms with Crippen molar-refractivity contribution in [2.24, 2.45) is 5.73 Å². The lowest BCUT2D eigenvalue weighted by Gasteiger charge is -2.13. The highest BCUT2D eigenvalue weighted by atomic mass is 35.5. The minimum absolute atomic E-state index is 0.137. The van der Waals surface area contributed by atoms with Crippen LogP contribution in [0.4, 0.5) is 5.69 Å². The Balaban J connectivity index is 1.99. The van der Waals surface area contributed by atoms with E-state index in [9.17, 15) is 9.59 Å². The Morgan fingerprint density at radius 3 is 2.68 bits per heavy atom. The van der Waals surface area contributed by atoms with Crippen molar-refractivity contribution in [3.05, 3.63) is 76.8 Å². The van der Waals surface area contributed by atoms with E-state index in [1.807, 2.05) is 36.4 Å². The first kappa shape index (κ1) is 18.1. The second-order valence-electron chi connectivity index (χ2n) is 6.57. The number of fused-ring (bicyclic) bond motifs is 3. The molecule has 0 saturated carbocycles. The fraction of sp³-hybridized carbons (Fsp3) is 0.0909. The molecule has 0 atom stereocenters. The zero-order chi connectivity index (χ0) is 19.8. The molecule has 0 fully saturated rings. The Labute approximate surface area is 166 Å². The molecule has 2 amide bonds. The predicted octanol–water partition coefficient (Wildman–Crippen LogP) is 4.35. The monoisotopic (exact) mass is 390 g/mol. The predicted molar refractivity (Wildman–Crippen MR) is 112 cm³/mol. The smallest absolute Gasteiger partial charge is 0.249 e. The maximum absolute atomic E-state index is 12.0. The Morgan fingerprint density at radius 2 is 1.93 bits per heavy atom. The van der Waals surface area contributed by atoms with Crippen LogP contribution in [-0.4, -0.2) is 16.4 Å². The van der Waals surface area contributed by atoms with E-state index in [1.165, 1.54) is 6.92 Å². The van der Waals surface area contributed by atoms with Crippen LogP contribution in [0.15, 0.2) is 54.6 Å². The molecule has 0 bridgehead atoms. The molecule has 6 heteroatoms. The normalized spacial score (nSPS) is 11.1. The van der Waals surface area contributed by atoms with E-state index in [4.69, 9.17) is 17.3 Å². The van der Waals surface area contributed by atoms with Gasteiger partial charge in [-0.15, -0.1) is 0 Å². The van der Waals surface area contributed by atoms with Crippen LogP contribution >= 0.6 is 11.6 Å². The highest BCUT2D eigenvalue weighted by Crippen LogP contribution is 2.34. The van der Waals surface area contributed by atoms with Gasteiger partial charge < -0.3 is 15.6 Å². The van der Waals surface area contributed by atoms with Gasteiger partial charge in [0.2, 0.25) is 11.8 Å². The summed E-state index contributed by atoms with van der Waals surface area (Å²) in [5.74, 6) is -0.631. The Kier molecular flexibility index (Phi) is 4.53. The van der Waals surface area contributed by atoms with E-state index in [2.05, 4.69) is 16.0 Å². The van der Waals surface area contributed by atoms with Gasteiger partial charge >= 0.3 is 0 Å². The SMILES string of the molecule is CC(=O)Nc1ccccc1Cn1c2cc(Cl)c[c]c2c2c(C(N)=O)cccc21. The summed E-state index contributed by atoms with van der Waals surface area (Å²) in [4.78, 5) is 23.6. The molecule has 1 aromatic heterocycles. The Hall–Kier alpha value is -3.31. The van der Waals surface area contributed by atoms with Crippen molar-refractivity contribution in [2.75, 3.05) is 5.32 Å². The fourth-order valence-corrected chi connectivity index (χ4v) is 3.70. The maximum Gasteiger partial charge on any atom is 0.249 e. The molecule has 28 heavy (non-hydrogen) atoms. The molecule has 0 saturated heterocycles. The number of rotatable bonds is 4. The number of halogens is 1. The molecule has 0 aliphatic rings. The number of hydrogen-bond donors (Lipinski definition) is 2. The van der Waals surface area contributed by atoms with Gasteiger partial charge in [-0.25, -0.2) is 0 Å². The van der Waals surface area contributed by atoms with Crippen molar-refractivity contribution in [1.82, 2.24) is 4.57 Å². The van der Waals surface area contributed by atoms with Crippen molar-refractivity contribution in [2.45, 2.75) is 13.5 Å². The number of nitrogens with zero attached hydrogens (tertiary/aromatic N) is 1. The van der Waals surface area contributed by atoms with Gasteiger partial charge in [0.05, 0.1) is 17.6 Å². The van der Waals surface area contributed by atoms with Gasteiger partial charge in [0.25, 0.3) is 0 Å². The van der Waals surface area contributed by atoms with Gasteiger partial charge in [-0.3, -0.25) is 9.59 Å². The number of benzene rings is 3. The van der Waals surface area contributed by atoms with Gasteiger partial charge in [-0.2, -0.15) is 0 Å². The van der Waals surface area contributed by atoms with Crippen molar-refractivity contribution < 1.29 is 9.59 Å². The van der Waals surface area contributed by atoms with Crippen LogP contribution in [0.5, 0.6) is 0 Å². The highest BCUT2D eigenvalue weighted by molar-refractivity contribution is 6.31. The van der Waals surface area contributed by atoms with E-state index in [0.717, 1.165) is 33.1 Å². The first-order valence-electron chi connectivity index (χ1n) is 8.73. The zero-order valence-corrected chi connectivity index (χ0v) is 15.9. The van der Waals surface area contributed by atoms with Crippen molar-refractivity contribution in [3.8, 4) is 0 Å². The molecule has 0 aliphatic carbocycles. The average Bonchev–Trinajstić information content (AvgIpc) is 2.96. The lowest BCUT2D eigenvalue weighted by Crippen LogP contribution is -2.11. The van der Waals surface area contributed by atoms with E-state index >= 15 is 0 Å². The van der Waals surface area contributed by atoms with E-state index in [-0.39, 0.29) is 5.91 Å². The second kappa shape index (κ2) is 7.02. The molecule has 1 radical (unpaired) electrons. The largest absolute Gasteiger partial charge is 0.366 e. The van der Waals surface area contributed by atoms with Gasteiger partial charge in [-0.05, 0) is 42.0 Å². The second-order valence-corrected chi connectivity index (χ2v) is 7.00. The van der Waals surface area contributed by atoms with Crippen LogP contribution in [0, 0.1) is 6.07 Å². The number of amides is 2. The molecule has 1 heterocycles.